The van der Waals surface area contributed by atoms with Gasteiger partial charge in [0.15, 0.2) is 0 Å². The number of carbonyl (C=O) groups is 2. The molecule has 72 valence electrons. The Hall–Kier alpha value is -0.970. The Balaban J connectivity index is 2.23. The summed E-state index contributed by atoms with van der Waals surface area (Å²) in [5.74, 6) is -1.33. The topological polar surface area (TPSA) is 49.4 Å². The minimum absolute atomic E-state index is 0.0456. The molecule has 2 fully saturated rings. The lowest BCUT2D eigenvalue weighted by atomic mass is 9.77. The number of hydrogen-bond acceptors (Lipinski definition) is 3. The molecule has 0 aromatic carbocycles. The number of carbonyl (C=O) groups excluding carboxylic acids is 2. The van der Waals surface area contributed by atoms with E-state index < -0.39 is 17.2 Å². The summed E-state index contributed by atoms with van der Waals surface area (Å²) in [6.45, 7) is 1.37. The van der Waals surface area contributed by atoms with Crippen LogP contribution in [0.1, 0.15) is 19.3 Å². The zero-order chi connectivity index (χ0) is 9.47. The van der Waals surface area contributed by atoms with Crippen LogP contribution >= 0.6 is 0 Å². The number of hydrogen-bond donors (Lipinski definition) is 1. The fourth-order valence-electron chi connectivity index (χ4n) is 2.05. The number of rotatable bonds is 0. The van der Waals surface area contributed by atoms with Crippen LogP contribution in [0, 0.1) is 5.41 Å². The SMILES string of the molecule is O=C1CC2(CCNCC2)C(=O)N1F. The molecule has 0 unspecified atom stereocenters. The lowest BCUT2D eigenvalue weighted by Crippen LogP contribution is -2.41. The van der Waals surface area contributed by atoms with E-state index >= 15 is 0 Å². The smallest absolute Gasteiger partial charge is 0.264 e. The first-order chi connectivity index (χ1) is 6.16. The Labute approximate surface area is 75.0 Å². The number of amides is 2. The van der Waals surface area contributed by atoms with Gasteiger partial charge in [0, 0.05) is 6.42 Å². The maximum atomic E-state index is 12.9. The Kier molecular flexibility index (Phi) is 1.83. The van der Waals surface area contributed by atoms with Crippen LogP contribution in [0.4, 0.5) is 4.48 Å². The first-order valence-electron chi connectivity index (χ1n) is 4.40. The molecule has 13 heavy (non-hydrogen) atoms. The summed E-state index contributed by atoms with van der Waals surface area (Å²) in [4.78, 5) is 22.4. The highest BCUT2D eigenvalue weighted by Crippen LogP contribution is 2.40. The molecule has 2 rings (SSSR count). The van der Waals surface area contributed by atoms with Crippen molar-refractivity contribution in [3.63, 3.8) is 0 Å². The van der Waals surface area contributed by atoms with E-state index in [4.69, 9.17) is 0 Å². The number of halogens is 1. The molecule has 1 N–H and O–H groups in total. The molecule has 2 saturated heterocycles. The highest BCUT2D eigenvalue weighted by molar-refractivity contribution is 6.04. The quantitative estimate of drug-likeness (QED) is 0.428. The Morgan fingerprint density at radius 3 is 2.38 bits per heavy atom. The van der Waals surface area contributed by atoms with Gasteiger partial charge < -0.3 is 5.32 Å². The average molecular weight is 186 g/mol. The fourth-order valence-corrected chi connectivity index (χ4v) is 2.05. The van der Waals surface area contributed by atoms with Gasteiger partial charge in [0.1, 0.15) is 0 Å². The second kappa shape index (κ2) is 2.77. The third-order valence-electron chi connectivity index (χ3n) is 2.90. The van der Waals surface area contributed by atoms with Crippen molar-refractivity contribution in [3.05, 3.63) is 0 Å². The zero-order valence-corrected chi connectivity index (χ0v) is 7.18. The van der Waals surface area contributed by atoms with Crippen LogP contribution in [-0.2, 0) is 9.59 Å². The molecule has 5 heteroatoms. The van der Waals surface area contributed by atoms with E-state index in [1.165, 1.54) is 0 Å². The van der Waals surface area contributed by atoms with E-state index in [9.17, 15) is 14.1 Å². The summed E-state index contributed by atoms with van der Waals surface area (Å²) in [7, 11) is 0. The van der Waals surface area contributed by atoms with Crippen LogP contribution in [0.5, 0.6) is 0 Å². The molecule has 0 saturated carbocycles. The summed E-state index contributed by atoms with van der Waals surface area (Å²) >= 11 is 0. The molecule has 0 aromatic rings. The van der Waals surface area contributed by atoms with Gasteiger partial charge in [-0.2, -0.15) is 0 Å². The first-order valence-corrected chi connectivity index (χ1v) is 4.40. The molecule has 0 aliphatic carbocycles. The van der Waals surface area contributed by atoms with Crippen molar-refractivity contribution in [1.82, 2.24) is 10.4 Å². The van der Waals surface area contributed by atoms with Gasteiger partial charge in [0.25, 0.3) is 11.8 Å². The molecule has 0 bridgehead atoms. The second-order valence-electron chi connectivity index (χ2n) is 3.69. The molecule has 0 atom stereocenters. The highest BCUT2D eigenvalue weighted by Gasteiger charge is 2.52. The summed E-state index contributed by atoms with van der Waals surface area (Å²) in [5.41, 5.74) is -0.725. The van der Waals surface area contributed by atoms with E-state index in [0.717, 1.165) is 0 Å². The van der Waals surface area contributed by atoms with E-state index in [-0.39, 0.29) is 11.5 Å². The summed E-state index contributed by atoms with van der Waals surface area (Å²) in [5, 5.41) is 2.86. The summed E-state index contributed by atoms with van der Waals surface area (Å²) in [6.07, 6.45) is 1.18. The van der Waals surface area contributed by atoms with Crippen LogP contribution in [0.2, 0.25) is 0 Å². The van der Waals surface area contributed by atoms with Gasteiger partial charge in [0.2, 0.25) is 0 Å². The van der Waals surface area contributed by atoms with Gasteiger partial charge in [-0.1, -0.05) is 4.48 Å². The summed E-state index contributed by atoms with van der Waals surface area (Å²) in [6, 6.07) is 0. The molecular weight excluding hydrogens is 175 g/mol. The van der Waals surface area contributed by atoms with Gasteiger partial charge in [0.05, 0.1) is 5.41 Å². The number of nitrogens with one attached hydrogen (secondary N) is 1. The molecule has 2 amide bonds. The maximum Gasteiger partial charge on any atom is 0.264 e. The van der Waals surface area contributed by atoms with Crippen LogP contribution in [0.3, 0.4) is 0 Å². The molecule has 4 nitrogen and oxygen atoms in total. The van der Waals surface area contributed by atoms with Crippen molar-refractivity contribution in [2.45, 2.75) is 19.3 Å². The van der Waals surface area contributed by atoms with Gasteiger partial charge in [-0.15, -0.1) is 5.12 Å². The van der Waals surface area contributed by atoms with Gasteiger partial charge in [-0.25, -0.2) is 0 Å². The first kappa shape index (κ1) is 8.62. The Morgan fingerprint density at radius 1 is 1.31 bits per heavy atom. The average Bonchev–Trinajstić information content (AvgIpc) is 2.33. The third kappa shape index (κ3) is 1.14. The monoisotopic (exact) mass is 186 g/mol. The largest absolute Gasteiger partial charge is 0.317 e. The van der Waals surface area contributed by atoms with Gasteiger partial charge >= 0.3 is 0 Å². The number of nitrogens with zero attached hydrogens (tertiary/aromatic N) is 1. The molecule has 2 aliphatic heterocycles. The Bertz CT molecular complexity index is 261. The van der Waals surface area contributed by atoms with Crippen molar-refractivity contribution >= 4 is 11.8 Å². The van der Waals surface area contributed by atoms with Crippen molar-refractivity contribution in [1.29, 1.82) is 0 Å². The predicted molar refractivity (Wildman–Crippen MR) is 42.1 cm³/mol. The minimum atomic E-state index is -0.725. The standard InChI is InChI=1S/C8H11FN2O2/c9-11-6(12)5-8(7(11)13)1-3-10-4-2-8/h10H,1-5H2. The minimum Gasteiger partial charge on any atom is -0.317 e. The van der Waals surface area contributed by atoms with Gasteiger partial charge in [-0.3, -0.25) is 9.59 Å². The molecule has 1 spiro atoms. The molecule has 0 radical (unpaired) electrons. The molecular formula is C8H11FN2O2. The van der Waals surface area contributed by atoms with Gasteiger partial charge in [-0.05, 0) is 25.9 Å². The van der Waals surface area contributed by atoms with Crippen molar-refractivity contribution in [2.75, 3.05) is 13.1 Å². The number of imide groups is 1. The van der Waals surface area contributed by atoms with E-state index in [0.29, 0.717) is 25.9 Å². The van der Waals surface area contributed by atoms with E-state index in [1.807, 2.05) is 0 Å². The third-order valence-corrected chi connectivity index (χ3v) is 2.90. The summed E-state index contributed by atoms with van der Waals surface area (Å²) < 4.78 is 12.9. The highest BCUT2D eigenvalue weighted by atomic mass is 19.2. The van der Waals surface area contributed by atoms with E-state index in [2.05, 4.69) is 5.32 Å². The van der Waals surface area contributed by atoms with Crippen LogP contribution < -0.4 is 5.32 Å². The van der Waals surface area contributed by atoms with Crippen LogP contribution in [-0.4, -0.2) is 30.0 Å². The molecule has 2 heterocycles. The lowest BCUT2D eigenvalue weighted by molar-refractivity contribution is -0.158. The van der Waals surface area contributed by atoms with E-state index in [1.54, 1.807) is 0 Å². The zero-order valence-electron chi connectivity index (χ0n) is 7.18. The van der Waals surface area contributed by atoms with Crippen molar-refractivity contribution < 1.29 is 14.1 Å². The lowest BCUT2D eigenvalue weighted by Gasteiger charge is -2.29. The predicted octanol–water partition coefficient (Wildman–Crippen LogP) is -0.000400. The van der Waals surface area contributed by atoms with Crippen molar-refractivity contribution in [2.24, 2.45) is 5.41 Å². The Morgan fingerprint density at radius 2 is 1.92 bits per heavy atom. The van der Waals surface area contributed by atoms with Crippen LogP contribution in [0.25, 0.3) is 0 Å². The fraction of sp³-hybridized carbons (Fsp3) is 0.750. The maximum absolute atomic E-state index is 12.9. The van der Waals surface area contributed by atoms with Crippen LogP contribution in [0.15, 0.2) is 0 Å². The molecule has 2 aliphatic rings. The second-order valence-corrected chi connectivity index (χ2v) is 3.69. The molecule has 0 aromatic heterocycles. The number of piperidine rings is 1. The van der Waals surface area contributed by atoms with Crippen molar-refractivity contribution in [3.8, 4) is 0 Å². The normalized spacial score (nSPS) is 27.3.